The third-order valence-electron chi connectivity index (χ3n) is 2.12. The highest BCUT2D eigenvalue weighted by Gasteiger charge is 2.14. The second kappa shape index (κ2) is 4.73. The van der Waals surface area contributed by atoms with Gasteiger partial charge < -0.3 is 17.5 Å². The number of rotatable bonds is 2. The summed E-state index contributed by atoms with van der Waals surface area (Å²) in [6, 6.07) is 8.28. The average molecular weight is 230 g/mol. The zero-order valence-corrected chi connectivity index (χ0v) is 9.48. The maximum atomic E-state index is 8.91. The lowest BCUT2D eigenvalue weighted by Gasteiger charge is -1.91. The first-order chi connectivity index (χ1) is 6.33. The van der Waals surface area contributed by atoms with Gasteiger partial charge in [-0.25, -0.2) is 0 Å². The number of benzene rings is 1. The number of halogens is 1. The Morgan fingerprint density at radius 1 is 1.36 bits per heavy atom. The van der Waals surface area contributed by atoms with Crippen molar-refractivity contribution in [2.24, 2.45) is 0 Å². The Morgan fingerprint density at radius 3 is 2.79 bits per heavy atom. The zero-order valence-electron chi connectivity index (χ0n) is 7.90. The molecule has 0 atom stereocenters. The summed E-state index contributed by atoms with van der Waals surface area (Å²) in [7, 11) is 0. The van der Waals surface area contributed by atoms with E-state index in [1.54, 1.807) is 11.3 Å². The van der Waals surface area contributed by atoms with E-state index in [2.05, 4.69) is 23.6 Å². The summed E-state index contributed by atoms with van der Waals surface area (Å²) in [5.74, 6) is 0. The molecular weight excluding hydrogens is 218 g/mol. The van der Waals surface area contributed by atoms with Gasteiger partial charge in [-0.2, -0.15) is 4.57 Å². The van der Waals surface area contributed by atoms with Crippen LogP contribution in [0.25, 0.3) is 10.2 Å². The van der Waals surface area contributed by atoms with Crippen LogP contribution in [0.2, 0.25) is 0 Å². The number of nitrogens with zero attached hydrogens (tertiary/aromatic N) is 1. The van der Waals surface area contributed by atoms with E-state index < -0.39 is 0 Å². The summed E-state index contributed by atoms with van der Waals surface area (Å²) >= 11 is 1.77. The number of hydrogen-bond acceptors (Lipinski definition) is 2. The van der Waals surface area contributed by atoms with Crippen LogP contribution in [-0.2, 0) is 6.54 Å². The van der Waals surface area contributed by atoms with Crippen LogP contribution in [0.1, 0.15) is 5.01 Å². The molecule has 0 amide bonds. The largest absolute Gasteiger partial charge is 1.00 e. The number of fused-ring (bicyclic) bond motifs is 1. The van der Waals surface area contributed by atoms with E-state index in [-0.39, 0.29) is 19.0 Å². The SMILES string of the molecule is Cc1sc2ccccc2[n+]1CCO.[Cl-]. The van der Waals surface area contributed by atoms with Crippen LogP contribution in [0.5, 0.6) is 0 Å². The van der Waals surface area contributed by atoms with Crippen LogP contribution in [-0.4, -0.2) is 11.7 Å². The molecule has 0 spiro atoms. The standard InChI is InChI=1S/C10H12NOS.ClH/c1-8-11(6-7-12)9-4-2-3-5-10(9)13-8;/h2-5,12H,6-7H2,1H3;1H/q+1;/p-1. The average Bonchev–Trinajstić information content (AvgIpc) is 2.44. The summed E-state index contributed by atoms with van der Waals surface area (Å²) in [6.45, 7) is 2.97. The van der Waals surface area contributed by atoms with Gasteiger partial charge in [0.2, 0.25) is 10.5 Å². The molecule has 0 fully saturated rings. The predicted octanol–water partition coefficient (Wildman–Crippen LogP) is -1.51. The van der Waals surface area contributed by atoms with Crippen LogP contribution in [0.4, 0.5) is 0 Å². The molecule has 14 heavy (non-hydrogen) atoms. The van der Waals surface area contributed by atoms with E-state index in [0.29, 0.717) is 6.54 Å². The maximum Gasteiger partial charge on any atom is 0.235 e. The maximum absolute atomic E-state index is 8.91. The van der Waals surface area contributed by atoms with Crippen LogP contribution in [0, 0.1) is 6.92 Å². The number of aromatic nitrogens is 1. The third kappa shape index (κ3) is 1.90. The molecule has 0 aliphatic carbocycles. The Balaban J connectivity index is 0.000000980. The lowest BCUT2D eigenvalue weighted by atomic mass is 10.3. The van der Waals surface area contributed by atoms with Crippen molar-refractivity contribution in [1.82, 2.24) is 0 Å². The molecule has 0 radical (unpaired) electrons. The van der Waals surface area contributed by atoms with Gasteiger partial charge in [0.15, 0.2) is 6.54 Å². The zero-order chi connectivity index (χ0) is 9.26. The first kappa shape index (κ1) is 11.4. The highest BCUT2D eigenvalue weighted by Crippen LogP contribution is 2.18. The predicted molar refractivity (Wildman–Crippen MR) is 53.8 cm³/mol. The molecule has 0 bridgehead atoms. The Labute approximate surface area is 93.2 Å². The molecule has 1 aromatic carbocycles. The number of hydrogen-bond donors (Lipinski definition) is 1. The monoisotopic (exact) mass is 229 g/mol. The van der Waals surface area contributed by atoms with Crippen molar-refractivity contribution in [1.29, 1.82) is 0 Å². The van der Waals surface area contributed by atoms with Gasteiger partial charge in [-0.15, -0.1) is 0 Å². The van der Waals surface area contributed by atoms with Crippen molar-refractivity contribution >= 4 is 21.6 Å². The van der Waals surface area contributed by atoms with Crippen molar-refractivity contribution in [3.05, 3.63) is 29.3 Å². The first-order valence-electron chi connectivity index (χ1n) is 4.32. The molecule has 0 saturated carbocycles. The van der Waals surface area contributed by atoms with Gasteiger partial charge in [0.25, 0.3) is 0 Å². The van der Waals surface area contributed by atoms with Crippen LogP contribution in [0.3, 0.4) is 0 Å². The van der Waals surface area contributed by atoms with E-state index in [1.807, 2.05) is 12.1 Å². The van der Waals surface area contributed by atoms with Crippen molar-refractivity contribution in [3.63, 3.8) is 0 Å². The summed E-state index contributed by atoms with van der Waals surface area (Å²) in [5, 5.41) is 10.2. The fourth-order valence-electron chi connectivity index (χ4n) is 1.53. The third-order valence-corrected chi connectivity index (χ3v) is 3.20. The van der Waals surface area contributed by atoms with Crippen molar-refractivity contribution in [3.8, 4) is 0 Å². The summed E-state index contributed by atoms with van der Waals surface area (Å²) < 4.78 is 3.44. The summed E-state index contributed by atoms with van der Waals surface area (Å²) in [6.07, 6.45) is 0. The fourth-order valence-corrected chi connectivity index (χ4v) is 2.58. The molecule has 76 valence electrons. The lowest BCUT2D eigenvalue weighted by Crippen LogP contribution is -3.00. The van der Waals surface area contributed by atoms with E-state index in [0.717, 1.165) is 0 Å². The Bertz CT molecular complexity index is 427. The molecular formula is C10H12ClNOS. The van der Waals surface area contributed by atoms with Gasteiger partial charge in [-0.05, 0) is 6.07 Å². The van der Waals surface area contributed by atoms with Gasteiger partial charge in [-0.3, -0.25) is 0 Å². The molecule has 1 aromatic heterocycles. The Kier molecular flexibility index (Phi) is 3.86. The minimum atomic E-state index is 0. The number of aliphatic hydroxyl groups excluding tert-OH is 1. The second-order valence-electron chi connectivity index (χ2n) is 2.96. The minimum Gasteiger partial charge on any atom is -1.00 e. The Hall–Kier alpha value is -0.640. The smallest absolute Gasteiger partial charge is 0.235 e. The quantitative estimate of drug-likeness (QED) is 0.623. The number of aryl methyl sites for hydroxylation is 1. The number of thiazole rings is 1. The summed E-state index contributed by atoms with van der Waals surface area (Å²) in [5.41, 5.74) is 1.22. The molecule has 0 aliphatic heterocycles. The van der Waals surface area contributed by atoms with Gasteiger partial charge in [-0.1, -0.05) is 23.5 Å². The van der Waals surface area contributed by atoms with Crippen LogP contribution < -0.4 is 17.0 Å². The molecule has 2 rings (SSSR count). The van der Waals surface area contributed by atoms with Crippen molar-refractivity contribution < 1.29 is 22.1 Å². The number of para-hydroxylation sites is 1. The van der Waals surface area contributed by atoms with Crippen molar-refractivity contribution in [2.45, 2.75) is 13.5 Å². The van der Waals surface area contributed by atoms with Gasteiger partial charge in [0.05, 0.1) is 0 Å². The van der Waals surface area contributed by atoms with Crippen LogP contribution >= 0.6 is 11.3 Å². The highest BCUT2D eigenvalue weighted by atomic mass is 35.5. The van der Waals surface area contributed by atoms with Gasteiger partial charge in [0.1, 0.15) is 11.3 Å². The van der Waals surface area contributed by atoms with E-state index in [1.165, 1.54) is 15.2 Å². The molecule has 0 unspecified atom stereocenters. The molecule has 1 heterocycles. The molecule has 0 saturated heterocycles. The van der Waals surface area contributed by atoms with Gasteiger partial charge in [0, 0.05) is 13.0 Å². The second-order valence-corrected chi connectivity index (χ2v) is 4.20. The van der Waals surface area contributed by atoms with E-state index in [9.17, 15) is 0 Å². The van der Waals surface area contributed by atoms with E-state index >= 15 is 0 Å². The van der Waals surface area contributed by atoms with Crippen molar-refractivity contribution in [2.75, 3.05) is 6.61 Å². The molecule has 4 heteroatoms. The molecule has 2 nitrogen and oxygen atoms in total. The molecule has 2 aromatic rings. The number of aliphatic hydroxyl groups is 1. The van der Waals surface area contributed by atoms with E-state index in [4.69, 9.17) is 5.11 Å². The minimum absolute atomic E-state index is 0. The molecule has 0 aliphatic rings. The first-order valence-corrected chi connectivity index (χ1v) is 5.13. The van der Waals surface area contributed by atoms with Crippen LogP contribution in [0.15, 0.2) is 24.3 Å². The lowest BCUT2D eigenvalue weighted by molar-refractivity contribution is -0.674. The highest BCUT2D eigenvalue weighted by molar-refractivity contribution is 7.18. The van der Waals surface area contributed by atoms with Gasteiger partial charge >= 0.3 is 0 Å². The molecule has 1 N–H and O–H groups in total. The normalized spacial score (nSPS) is 10.1. The fraction of sp³-hybridized carbons (Fsp3) is 0.300. The summed E-state index contributed by atoms with van der Waals surface area (Å²) in [4.78, 5) is 0. The topological polar surface area (TPSA) is 24.1 Å². The Morgan fingerprint density at radius 2 is 2.07 bits per heavy atom.